The Hall–Kier alpha value is -1.22. The van der Waals surface area contributed by atoms with Gasteiger partial charge < -0.3 is 9.64 Å². The molecule has 0 bridgehead atoms. The van der Waals surface area contributed by atoms with Gasteiger partial charge in [-0.25, -0.2) is 0 Å². The molecule has 0 radical (unpaired) electrons. The lowest BCUT2D eigenvalue weighted by Crippen LogP contribution is -2.51. The SMILES string of the molecule is CC(Oc1ccccc1Cl)C(=O)N1C(C)CCCC1C. The molecule has 4 heteroatoms. The molecule has 3 nitrogen and oxygen atoms in total. The van der Waals surface area contributed by atoms with Crippen LogP contribution in [0.1, 0.15) is 40.0 Å². The van der Waals surface area contributed by atoms with Crippen LogP contribution in [0.15, 0.2) is 24.3 Å². The highest BCUT2D eigenvalue weighted by atomic mass is 35.5. The third-order valence-corrected chi connectivity index (χ3v) is 4.25. The molecule has 1 heterocycles. The molecule has 1 saturated heterocycles. The Labute approximate surface area is 125 Å². The third kappa shape index (κ3) is 3.26. The molecule has 110 valence electrons. The topological polar surface area (TPSA) is 29.5 Å². The summed E-state index contributed by atoms with van der Waals surface area (Å²) in [5.41, 5.74) is 0. The average molecular weight is 296 g/mol. The van der Waals surface area contributed by atoms with E-state index in [-0.39, 0.29) is 18.0 Å². The summed E-state index contributed by atoms with van der Waals surface area (Å²) in [4.78, 5) is 14.6. The Balaban J connectivity index is 2.06. The molecule has 1 aliphatic heterocycles. The molecule has 3 unspecified atom stereocenters. The fourth-order valence-electron chi connectivity index (χ4n) is 2.85. The third-order valence-electron chi connectivity index (χ3n) is 3.94. The van der Waals surface area contributed by atoms with Crippen LogP contribution < -0.4 is 4.74 Å². The second-order valence-corrected chi connectivity index (χ2v) is 5.97. The zero-order valence-corrected chi connectivity index (χ0v) is 13.1. The molecule has 0 saturated carbocycles. The summed E-state index contributed by atoms with van der Waals surface area (Å²) in [6.07, 6.45) is 2.80. The van der Waals surface area contributed by atoms with Crippen LogP contribution in [0.25, 0.3) is 0 Å². The number of rotatable bonds is 3. The van der Waals surface area contributed by atoms with Crippen LogP contribution in [-0.4, -0.2) is 29.0 Å². The second kappa shape index (κ2) is 6.49. The van der Waals surface area contributed by atoms with Crippen LogP contribution in [0.3, 0.4) is 0 Å². The van der Waals surface area contributed by atoms with Crippen molar-refractivity contribution < 1.29 is 9.53 Å². The second-order valence-electron chi connectivity index (χ2n) is 5.56. The smallest absolute Gasteiger partial charge is 0.263 e. The van der Waals surface area contributed by atoms with Crippen LogP contribution in [-0.2, 0) is 4.79 Å². The number of carbonyl (C=O) groups is 1. The van der Waals surface area contributed by atoms with E-state index in [9.17, 15) is 4.79 Å². The summed E-state index contributed by atoms with van der Waals surface area (Å²) in [5.74, 6) is 0.608. The molecule has 20 heavy (non-hydrogen) atoms. The zero-order valence-electron chi connectivity index (χ0n) is 12.3. The number of ether oxygens (including phenoxy) is 1. The number of hydrogen-bond donors (Lipinski definition) is 0. The van der Waals surface area contributed by atoms with E-state index < -0.39 is 6.10 Å². The summed E-state index contributed by atoms with van der Waals surface area (Å²) in [6, 6.07) is 7.81. The molecule has 1 amide bonds. The Morgan fingerprint density at radius 3 is 2.50 bits per heavy atom. The highest BCUT2D eigenvalue weighted by Crippen LogP contribution is 2.27. The van der Waals surface area contributed by atoms with E-state index in [1.54, 1.807) is 19.1 Å². The van der Waals surface area contributed by atoms with E-state index in [2.05, 4.69) is 13.8 Å². The van der Waals surface area contributed by atoms with Crippen LogP contribution in [0.2, 0.25) is 5.02 Å². The van der Waals surface area contributed by atoms with Crippen LogP contribution in [0.4, 0.5) is 0 Å². The fraction of sp³-hybridized carbons (Fsp3) is 0.562. The maximum atomic E-state index is 12.6. The monoisotopic (exact) mass is 295 g/mol. The molecule has 1 aliphatic rings. The number of para-hydroxylation sites is 1. The predicted octanol–water partition coefficient (Wildman–Crippen LogP) is 3.90. The number of nitrogens with zero attached hydrogens (tertiary/aromatic N) is 1. The fourth-order valence-corrected chi connectivity index (χ4v) is 3.03. The first-order valence-electron chi connectivity index (χ1n) is 7.24. The van der Waals surface area contributed by atoms with E-state index >= 15 is 0 Å². The Morgan fingerprint density at radius 1 is 1.30 bits per heavy atom. The van der Waals surface area contributed by atoms with Crippen molar-refractivity contribution >= 4 is 17.5 Å². The first-order chi connectivity index (χ1) is 9.50. The van der Waals surface area contributed by atoms with Crippen LogP contribution in [0, 0.1) is 0 Å². The lowest BCUT2D eigenvalue weighted by molar-refractivity contribution is -0.144. The molecule has 1 aromatic carbocycles. The summed E-state index contributed by atoms with van der Waals surface area (Å²) in [7, 11) is 0. The number of carbonyl (C=O) groups excluding carboxylic acids is 1. The summed E-state index contributed by atoms with van der Waals surface area (Å²) < 4.78 is 5.73. The van der Waals surface area contributed by atoms with Gasteiger partial charge in [-0.2, -0.15) is 0 Å². The first kappa shape index (κ1) is 15.2. The Morgan fingerprint density at radius 2 is 1.90 bits per heavy atom. The maximum absolute atomic E-state index is 12.6. The van der Waals surface area contributed by atoms with Crippen molar-refractivity contribution in [3.05, 3.63) is 29.3 Å². The lowest BCUT2D eigenvalue weighted by atomic mass is 9.97. The summed E-state index contributed by atoms with van der Waals surface area (Å²) >= 11 is 6.07. The number of likely N-dealkylation sites (tertiary alicyclic amines) is 1. The number of hydrogen-bond acceptors (Lipinski definition) is 2. The number of piperidine rings is 1. The molecule has 0 N–H and O–H groups in total. The van der Waals surface area contributed by atoms with Gasteiger partial charge in [0.1, 0.15) is 5.75 Å². The van der Waals surface area contributed by atoms with Gasteiger partial charge in [0.2, 0.25) is 0 Å². The Kier molecular flexibility index (Phi) is 4.92. The van der Waals surface area contributed by atoms with Crippen molar-refractivity contribution in [2.24, 2.45) is 0 Å². The van der Waals surface area contributed by atoms with E-state index in [0.29, 0.717) is 10.8 Å². The van der Waals surface area contributed by atoms with Gasteiger partial charge in [-0.1, -0.05) is 23.7 Å². The molecule has 1 fully saturated rings. The summed E-state index contributed by atoms with van der Waals surface area (Å²) in [6.45, 7) is 6.01. The van der Waals surface area contributed by atoms with Gasteiger partial charge in [-0.05, 0) is 52.2 Å². The normalized spacial score (nSPS) is 24.3. The van der Waals surface area contributed by atoms with Gasteiger partial charge >= 0.3 is 0 Å². The van der Waals surface area contributed by atoms with Gasteiger partial charge in [0, 0.05) is 12.1 Å². The number of benzene rings is 1. The molecular formula is C16H22ClNO2. The minimum absolute atomic E-state index is 0.0459. The molecule has 0 aliphatic carbocycles. The first-order valence-corrected chi connectivity index (χ1v) is 7.62. The lowest BCUT2D eigenvalue weighted by Gasteiger charge is -2.40. The van der Waals surface area contributed by atoms with Crippen molar-refractivity contribution in [1.29, 1.82) is 0 Å². The molecule has 0 spiro atoms. The standard InChI is InChI=1S/C16H22ClNO2/c1-11-7-6-8-12(2)18(11)16(19)13(3)20-15-10-5-4-9-14(15)17/h4-5,9-13H,6-8H2,1-3H3. The Bertz CT molecular complexity index is 467. The van der Waals surface area contributed by atoms with Gasteiger partial charge in [0.15, 0.2) is 6.10 Å². The van der Waals surface area contributed by atoms with E-state index in [1.807, 2.05) is 17.0 Å². The van der Waals surface area contributed by atoms with Crippen molar-refractivity contribution in [1.82, 2.24) is 4.90 Å². The quantitative estimate of drug-likeness (QED) is 0.846. The zero-order chi connectivity index (χ0) is 14.7. The molecule has 3 atom stereocenters. The molecule has 0 aromatic heterocycles. The summed E-state index contributed by atoms with van der Waals surface area (Å²) in [5, 5.41) is 0.534. The van der Waals surface area contributed by atoms with Gasteiger partial charge in [0.05, 0.1) is 5.02 Å². The minimum atomic E-state index is -0.516. The van der Waals surface area contributed by atoms with Gasteiger partial charge in [-0.15, -0.1) is 0 Å². The predicted molar refractivity (Wildman–Crippen MR) is 81.2 cm³/mol. The highest BCUT2D eigenvalue weighted by molar-refractivity contribution is 6.32. The molecular weight excluding hydrogens is 274 g/mol. The van der Waals surface area contributed by atoms with Crippen molar-refractivity contribution in [2.75, 3.05) is 0 Å². The number of halogens is 1. The minimum Gasteiger partial charge on any atom is -0.479 e. The van der Waals surface area contributed by atoms with Gasteiger partial charge in [0.25, 0.3) is 5.91 Å². The molecule has 2 rings (SSSR count). The van der Waals surface area contributed by atoms with Crippen molar-refractivity contribution in [3.8, 4) is 5.75 Å². The largest absolute Gasteiger partial charge is 0.479 e. The van der Waals surface area contributed by atoms with E-state index in [1.165, 1.54) is 6.42 Å². The average Bonchev–Trinajstić information content (AvgIpc) is 2.41. The highest BCUT2D eigenvalue weighted by Gasteiger charge is 2.32. The van der Waals surface area contributed by atoms with Crippen LogP contribution >= 0.6 is 11.6 Å². The van der Waals surface area contributed by atoms with Crippen molar-refractivity contribution in [3.63, 3.8) is 0 Å². The van der Waals surface area contributed by atoms with E-state index in [4.69, 9.17) is 16.3 Å². The number of amides is 1. The molecule has 1 aromatic rings. The van der Waals surface area contributed by atoms with Crippen LogP contribution in [0.5, 0.6) is 5.75 Å². The van der Waals surface area contributed by atoms with E-state index in [0.717, 1.165) is 12.8 Å². The maximum Gasteiger partial charge on any atom is 0.263 e. The van der Waals surface area contributed by atoms with Crippen molar-refractivity contribution in [2.45, 2.75) is 58.2 Å². The van der Waals surface area contributed by atoms with Gasteiger partial charge in [-0.3, -0.25) is 4.79 Å².